The highest BCUT2D eigenvalue weighted by Gasteiger charge is 2.23. The van der Waals surface area contributed by atoms with Crippen molar-refractivity contribution in [3.8, 4) is 11.5 Å². The van der Waals surface area contributed by atoms with Crippen molar-refractivity contribution in [2.75, 3.05) is 13.7 Å². The van der Waals surface area contributed by atoms with Crippen LogP contribution in [-0.4, -0.2) is 13.7 Å². The van der Waals surface area contributed by atoms with Gasteiger partial charge >= 0.3 is 0 Å². The third kappa shape index (κ3) is 2.94. The second kappa shape index (κ2) is 6.19. The van der Waals surface area contributed by atoms with Gasteiger partial charge in [-0.2, -0.15) is 0 Å². The van der Waals surface area contributed by atoms with E-state index in [0.717, 1.165) is 38.5 Å². The normalized spacial score (nSPS) is 14.5. The Hall–Kier alpha value is -0.710. The van der Waals surface area contributed by atoms with Crippen LogP contribution in [0.1, 0.15) is 21.5 Å². The molecule has 2 aromatic rings. The van der Waals surface area contributed by atoms with Crippen LogP contribution in [0.5, 0.6) is 11.5 Å². The predicted octanol–water partition coefficient (Wildman–Crippen LogP) is 5.53. The second-order valence-corrected chi connectivity index (χ2v) is 7.04. The van der Waals surface area contributed by atoms with Gasteiger partial charge in [0, 0.05) is 17.0 Å². The number of halogens is 3. The molecule has 1 aliphatic heterocycles. The molecule has 21 heavy (non-hydrogen) atoms. The molecule has 0 saturated heterocycles. The van der Waals surface area contributed by atoms with Gasteiger partial charge in [0.05, 0.1) is 23.0 Å². The first kappa shape index (κ1) is 15.2. The summed E-state index contributed by atoms with van der Waals surface area (Å²) in [4.78, 5) is 0.0188. The molecule has 0 aliphatic carbocycles. The van der Waals surface area contributed by atoms with E-state index in [9.17, 15) is 0 Å². The van der Waals surface area contributed by atoms with Gasteiger partial charge in [0.2, 0.25) is 0 Å². The van der Waals surface area contributed by atoms with Gasteiger partial charge in [0.25, 0.3) is 0 Å². The van der Waals surface area contributed by atoms with Crippen molar-refractivity contribution in [3.05, 3.63) is 56.5 Å². The smallest absolute Gasteiger partial charge is 0.133 e. The minimum Gasteiger partial charge on any atom is -0.496 e. The Bertz CT molecular complexity index is 688. The van der Waals surface area contributed by atoms with Crippen molar-refractivity contribution in [1.82, 2.24) is 0 Å². The van der Waals surface area contributed by atoms with Crippen LogP contribution in [0.15, 0.2) is 34.8 Å². The minimum atomic E-state index is 0.0188. The first-order chi connectivity index (χ1) is 10.1. The molecule has 0 fully saturated rings. The molecule has 5 heteroatoms. The van der Waals surface area contributed by atoms with Gasteiger partial charge < -0.3 is 9.47 Å². The quantitative estimate of drug-likeness (QED) is 0.594. The Kier molecular flexibility index (Phi) is 4.48. The van der Waals surface area contributed by atoms with E-state index >= 15 is 0 Å². The first-order valence-corrected chi connectivity index (χ1v) is 8.61. The lowest BCUT2D eigenvalue weighted by atomic mass is 10.0. The maximum atomic E-state index is 6.23. The molecule has 0 saturated carbocycles. The fourth-order valence-electron chi connectivity index (χ4n) is 2.51. The largest absolute Gasteiger partial charge is 0.496 e. The summed E-state index contributed by atoms with van der Waals surface area (Å²) in [5.74, 6) is 1.76. The zero-order valence-corrected chi connectivity index (χ0v) is 15.3. The number of ether oxygens (including phenoxy) is 2. The van der Waals surface area contributed by atoms with Crippen LogP contribution in [0.4, 0.5) is 0 Å². The number of fused-ring (bicyclic) bond motifs is 1. The third-order valence-corrected chi connectivity index (χ3v) is 5.38. The van der Waals surface area contributed by atoms with Gasteiger partial charge in [-0.1, -0.05) is 33.6 Å². The Morgan fingerprint density at radius 2 is 2.10 bits per heavy atom. The van der Waals surface area contributed by atoms with E-state index in [2.05, 4.69) is 31.9 Å². The minimum absolute atomic E-state index is 0.0188. The predicted molar refractivity (Wildman–Crippen MR) is 92.1 cm³/mol. The van der Waals surface area contributed by atoms with E-state index in [1.54, 1.807) is 7.11 Å². The van der Waals surface area contributed by atoms with E-state index in [1.807, 2.05) is 30.3 Å². The molecular weight excluding hydrogens is 419 g/mol. The second-order valence-electron chi connectivity index (χ2n) is 4.84. The summed E-state index contributed by atoms with van der Waals surface area (Å²) in [7, 11) is 1.66. The molecule has 0 N–H and O–H groups in total. The molecule has 110 valence electrons. The lowest BCUT2D eigenvalue weighted by Crippen LogP contribution is -1.98. The van der Waals surface area contributed by atoms with E-state index in [1.165, 1.54) is 5.56 Å². The van der Waals surface area contributed by atoms with Crippen LogP contribution < -0.4 is 9.47 Å². The fourth-order valence-corrected chi connectivity index (χ4v) is 3.94. The number of methoxy groups -OCH3 is 1. The maximum Gasteiger partial charge on any atom is 0.133 e. The van der Waals surface area contributed by atoms with Crippen molar-refractivity contribution in [2.24, 2.45) is 0 Å². The number of hydrogen-bond donors (Lipinski definition) is 0. The molecule has 2 nitrogen and oxygen atoms in total. The van der Waals surface area contributed by atoms with E-state index in [0.29, 0.717) is 6.61 Å². The van der Waals surface area contributed by atoms with Crippen LogP contribution in [0, 0.1) is 0 Å². The molecule has 0 spiro atoms. The molecule has 0 amide bonds. The number of benzene rings is 2. The third-order valence-electron chi connectivity index (χ3n) is 3.52. The molecule has 0 radical (unpaired) electrons. The van der Waals surface area contributed by atoms with Crippen LogP contribution in [0.3, 0.4) is 0 Å². The lowest BCUT2D eigenvalue weighted by Gasteiger charge is -2.16. The Morgan fingerprint density at radius 1 is 1.29 bits per heavy atom. The molecule has 3 rings (SSSR count). The maximum absolute atomic E-state index is 6.23. The van der Waals surface area contributed by atoms with Gasteiger partial charge in [-0.15, -0.1) is 0 Å². The molecule has 1 unspecified atom stereocenters. The first-order valence-electron chi connectivity index (χ1n) is 6.52. The molecule has 1 aliphatic rings. The van der Waals surface area contributed by atoms with Crippen LogP contribution in [0.2, 0.25) is 5.02 Å². The van der Waals surface area contributed by atoms with Crippen molar-refractivity contribution in [2.45, 2.75) is 11.2 Å². The molecular formula is C16H13Br2ClO2. The summed E-state index contributed by atoms with van der Waals surface area (Å²) in [5.41, 5.74) is 3.35. The van der Waals surface area contributed by atoms with E-state index in [4.69, 9.17) is 21.1 Å². The van der Waals surface area contributed by atoms with E-state index in [-0.39, 0.29) is 4.83 Å². The summed E-state index contributed by atoms with van der Waals surface area (Å²) in [6.07, 6.45) is 0.912. The van der Waals surface area contributed by atoms with Gasteiger partial charge in [-0.3, -0.25) is 0 Å². The fraction of sp³-hybridized carbons (Fsp3) is 0.250. The zero-order valence-electron chi connectivity index (χ0n) is 11.3. The Morgan fingerprint density at radius 3 is 2.81 bits per heavy atom. The summed E-state index contributed by atoms with van der Waals surface area (Å²) in [6, 6.07) is 9.96. The highest BCUT2D eigenvalue weighted by atomic mass is 79.9. The molecule has 2 aromatic carbocycles. The average Bonchev–Trinajstić information content (AvgIpc) is 2.93. The molecule has 0 bridgehead atoms. The Balaban J connectivity index is 2.03. The summed E-state index contributed by atoms with van der Waals surface area (Å²) < 4.78 is 12.0. The molecule has 0 aromatic heterocycles. The van der Waals surface area contributed by atoms with Crippen molar-refractivity contribution in [1.29, 1.82) is 0 Å². The van der Waals surface area contributed by atoms with Gasteiger partial charge in [-0.05, 0) is 51.3 Å². The van der Waals surface area contributed by atoms with Gasteiger partial charge in [0.15, 0.2) is 0 Å². The van der Waals surface area contributed by atoms with Crippen molar-refractivity contribution < 1.29 is 9.47 Å². The van der Waals surface area contributed by atoms with Crippen molar-refractivity contribution in [3.63, 3.8) is 0 Å². The number of rotatable bonds is 3. The van der Waals surface area contributed by atoms with Crippen LogP contribution in [-0.2, 0) is 6.42 Å². The Labute approximate surface area is 145 Å². The van der Waals surface area contributed by atoms with Crippen LogP contribution in [0.25, 0.3) is 0 Å². The lowest BCUT2D eigenvalue weighted by molar-refractivity contribution is 0.354. The zero-order chi connectivity index (χ0) is 15.0. The SMILES string of the molecule is COc1ccc(C(Br)c2cc(Cl)cc3c2OCC3)cc1Br. The average molecular weight is 433 g/mol. The number of alkyl halides is 1. The summed E-state index contributed by atoms with van der Waals surface area (Å²) >= 11 is 13.5. The molecule has 1 atom stereocenters. The molecule has 1 heterocycles. The van der Waals surface area contributed by atoms with E-state index < -0.39 is 0 Å². The summed E-state index contributed by atoms with van der Waals surface area (Å²) in [5, 5.41) is 0.742. The highest BCUT2D eigenvalue weighted by Crippen LogP contribution is 2.43. The topological polar surface area (TPSA) is 18.5 Å². The van der Waals surface area contributed by atoms with Crippen LogP contribution >= 0.6 is 43.5 Å². The standard InChI is InChI=1S/C16H13Br2ClO2/c1-20-14-3-2-9(7-13(14)17)15(18)12-8-11(19)6-10-4-5-21-16(10)12/h2-3,6-8,15H,4-5H2,1H3. The monoisotopic (exact) mass is 430 g/mol. The highest BCUT2D eigenvalue weighted by molar-refractivity contribution is 9.10. The number of hydrogen-bond acceptors (Lipinski definition) is 2. The summed E-state index contributed by atoms with van der Waals surface area (Å²) in [6.45, 7) is 0.717. The van der Waals surface area contributed by atoms with Crippen molar-refractivity contribution >= 4 is 43.5 Å². The van der Waals surface area contributed by atoms with Gasteiger partial charge in [-0.25, -0.2) is 0 Å². The van der Waals surface area contributed by atoms with Gasteiger partial charge in [0.1, 0.15) is 11.5 Å².